The lowest BCUT2D eigenvalue weighted by molar-refractivity contribution is -0.420. The molecule has 1 saturated heterocycles. The summed E-state index contributed by atoms with van der Waals surface area (Å²) in [6, 6.07) is 0.588. The number of allylic oxidation sites excluding steroid dienone is 3. The van der Waals surface area contributed by atoms with Crippen LogP contribution < -0.4 is 42.6 Å². The van der Waals surface area contributed by atoms with E-state index in [2.05, 4.69) is 20.9 Å². The summed E-state index contributed by atoms with van der Waals surface area (Å²) in [5.41, 5.74) is 17.9. The van der Waals surface area contributed by atoms with Gasteiger partial charge in [0, 0.05) is 79.3 Å². The van der Waals surface area contributed by atoms with E-state index in [1.807, 2.05) is 18.4 Å². The van der Waals surface area contributed by atoms with Crippen LogP contribution in [0.3, 0.4) is 0 Å². The van der Waals surface area contributed by atoms with E-state index in [1.165, 1.54) is 26.3 Å². The van der Waals surface area contributed by atoms with Crippen molar-refractivity contribution in [1.29, 1.82) is 0 Å². The molecule has 2 aromatic carbocycles. The van der Waals surface area contributed by atoms with Crippen molar-refractivity contribution in [3.63, 3.8) is 0 Å². The number of carbonyl (C=O) groups excluding carboxylic acids is 4. The molecule has 2 amide bonds. The van der Waals surface area contributed by atoms with Gasteiger partial charge in [0.2, 0.25) is 17.9 Å². The zero-order valence-electron chi connectivity index (χ0n) is 41.2. The van der Waals surface area contributed by atoms with Crippen molar-refractivity contribution >= 4 is 29.3 Å². The number of phenolic OH excluding ortho intramolecular Hbond substituents is 1. The second kappa shape index (κ2) is 20.2. The molecular formula is C52H64N8O14. The summed E-state index contributed by atoms with van der Waals surface area (Å²) in [6.07, 6.45) is 5.22. The number of imide groups is 1. The molecule has 1 fully saturated rings. The van der Waals surface area contributed by atoms with Crippen LogP contribution in [0.1, 0.15) is 105 Å². The smallest absolute Gasteiger partial charge is 0.253 e. The Bertz CT molecular complexity index is 2840. The Morgan fingerprint density at radius 2 is 1.74 bits per heavy atom. The number of carbonyl (C=O) groups is 4. The van der Waals surface area contributed by atoms with Crippen LogP contribution in [0.15, 0.2) is 70.7 Å². The van der Waals surface area contributed by atoms with Gasteiger partial charge >= 0.3 is 0 Å². The maximum absolute atomic E-state index is 15.7. The van der Waals surface area contributed by atoms with Gasteiger partial charge in [-0.1, -0.05) is 19.1 Å². The number of dihydropyridines is 2. The minimum atomic E-state index is -3.16. The fourth-order valence-corrected chi connectivity index (χ4v) is 12.4. The number of nitrogens with two attached hydrogens (primary N) is 3. The summed E-state index contributed by atoms with van der Waals surface area (Å²) in [4.78, 5) is 61.8. The molecule has 22 nitrogen and oxygen atoms in total. The topological polar surface area (TPSA) is 367 Å². The average Bonchev–Trinajstić information content (AvgIpc) is 3.61. The van der Waals surface area contributed by atoms with Crippen LogP contribution in [-0.4, -0.2) is 146 Å². The molecule has 22 heteroatoms. The Balaban J connectivity index is 1.15. The second-order valence-corrected chi connectivity index (χ2v) is 19.9. The number of hydrogen-bond acceptors (Lipinski definition) is 19. The Hall–Kier alpha value is -6.63. The fourth-order valence-electron chi connectivity index (χ4n) is 12.4. The van der Waals surface area contributed by atoms with Crippen LogP contribution in [0.5, 0.6) is 17.2 Å². The van der Waals surface area contributed by atoms with Crippen LogP contribution in [0, 0.1) is 17.8 Å². The van der Waals surface area contributed by atoms with E-state index in [4.69, 9.17) is 31.4 Å². The van der Waals surface area contributed by atoms with Gasteiger partial charge in [0.25, 0.3) is 11.8 Å². The number of aromatic hydroxyl groups is 1. The van der Waals surface area contributed by atoms with E-state index < -0.39 is 95.9 Å². The van der Waals surface area contributed by atoms with Gasteiger partial charge in [-0.3, -0.25) is 29.1 Å². The molecule has 11 unspecified atom stereocenters. The number of ether oxygens (including phenoxy) is 3. The summed E-state index contributed by atoms with van der Waals surface area (Å²) in [5, 5.41) is 91.7. The first kappa shape index (κ1) is 52.2. The molecule has 0 spiro atoms. The summed E-state index contributed by atoms with van der Waals surface area (Å²) in [5.74, 6) is -8.29. The Labute approximate surface area is 425 Å². The number of amides is 2. The van der Waals surface area contributed by atoms with E-state index >= 15 is 9.59 Å². The molecule has 7 aliphatic rings. The lowest BCUT2D eigenvalue weighted by Crippen LogP contribution is -2.75. The van der Waals surface area contributed by atoms with Crippen molar-refractivity contribution in [2.75, 3.05) is 40.5 Å². The van der Waals surface area contributed by atoms with E-state index in [1.54, 1.807) is 13.0 Å². The number of nitrogens with zero attached hydrogens (tertiary/aromatic N) is 2. The molecule has 396 valence electrons. The molecule has 2 aromatic rings. The molecule has 4 heterocycles. The number of methoxy groups -OCH3 is 1. The van der Waals surface area contributed by atoms with E-state index in [0.717, 1.165) is 22.6 Å². The number of phenols is 1. The van der Waals surface area contributed by atoms with Gasteiger partial charge < -0.3 is 83.1 Å². The van der Waals surface area contributed by atoms with Crippen molar-refractivity contribution in [2.24, 2.45) is 39.9 Å². The molecule has 0 aromatic heterocycles. The Morgan fingerprint density at radius 1 is 1.01 bits per heavy atom. The normalized spacial score (nSPS) is 30.8. The zero-order chi connectivity index (χ0) is 53.1. The van der Waals surface area contributed by atoms with Crippen molar-refractivity contribution < 1.29 is 69.1 Å². The molecule has 0 saturated carbocycles. The van der Waals surface area contributed by atoms with Crippen molar-refractivity contribution in [1.82, 2.24) is 20.9 Å². The van der Waals surface area contributed by atoms with Gasteiger partial charge in [0.15, 0.2) is 11.7 Å². The largest absolute Gasteiger partial charge is 0.507 e. The maximum Gasteiger partial charge on any atom is 0.253 e. The number of hydrogen-bond donors (Lipinski definition) is 13. The highest BCUT2D eigenvalue weighted by atomic mass is 16.8. The van der Waals surface area contributed by atoms with Crippen molar-refractivity contribution in [3.8, 4) is 17.2 Å². The van der Waals surface area contributed by atoms with E-state index in [-0.39, 0.29) is 90.1 Å². The highest BCUT2D eigenvalue weighted by Gasteiger charge is 2.65. The molecule has 16 N–H and O–H groups in total. The van der Waals surface area contributed by atoms with Crippen LogP contribution in [0.2, 0.25) is 0 Å². The number of rotatable bonds is 14. The highest BCUT2D eigenvalue weighted by molar-refractivity contribution is 6.31. The summed E-state index contributed by atoms with van der Waals surface area (Å²) in [6.45, 7) is 0.0406. The first-order valence-corrected chi connectivity index (χ1v) is 24.8. The standard InChI is InChI=1S/C52H64N8O14/c1-4-27-31(72-3)18-32(73-49-47(68)48(69)51(70,52(71,22-62)74-49)19-26(24-13-15-57-34(54)17-24)21-60-35(63)11-12-36(60)64)42-39(27)44(65)40-29-7-5-23(14-16-61)37(25-6-10-33(53)58-20-25)28-8-9-30(59-50(55)56-2)41(38(28)29)45(66)43(40)46(42)67/h6,10-13,17-18,20,23,26,28,30,33,37,47-49,57-58,61-62,66,68-71H,4-5,7-9,14-16,19,21-22,53-54H2,1-3H3,(H3,55,56,59). The van der Waals surface area contributed by atoms with Crippen LogP contribution in [0.25, 0.3) is 0 Å². The molecule has 3 aliphatic carbocycles. The second-order valence-electron chi connectivity index (χ2n) is 19.9. The lowest BCUT2D eigenvalue weighted by Gasteiger charge is -2.53. The Kier molecular flexibility index (Phi) is 14.3. The van der Waals surface area contributed by atoms with E-state index in [0.29, 0.717) is 53.5 Å². The predicted octanol–water partition coefficient (Wildman–Crippen LogP) is -0.790. The minimum Gasteiger partial charge on any atom is -0.507 e. The number of nitrogens with one attached hydrogen (secondary N) is 3. The van der Waals surface area contributed by atoms with Gasteiger partial charge in [-0.05, 0) is 97.1 Å². The molecule has 9 rings (SSSR count). The maximum atomic E-state index is 15.7. The highest BCUT2D eigenvalue weighted by Crippen LogP contribution is 2.57. The van der Waals surface area contributed by atoms with Crippen molar-refractivity contribution in [2.45, 2.75) is 99.9 Å². The number of aliphatic hydroxyl groups is 6. The average molecular weight is 1030 g/mol. The summed E-state index contributed by atoms with van der Waals surface area (Å²) >= 11 is 0. The predicted molar refractivity (Wildman–Crippen MR) is 265 cm³/mol. The summed E-state index contributed by atoms with van der Waals surface area (Å²) in [7, 11) is 2.84. The van der Waals surface area contributed by atoms with E-state index in [9.17, 15) is 45.3 Å². The number of ketones is 2. The lowest BCUT2D eigenvalue weighted by atomic mass is 9.65. The third-order valence-electron chi connectivity index (χ3n) is 15.9. The number of guanidine groups is 1. The fraction of sp³-hybridized carbons (Fsp3) is 0.481. The molecule has 0 bridgehead atoms. The van der Waals surface area contributed by atoms with Gasteiger partial charge in [-0.25, -0.2) is 0 Å². The molecule has 11 atom stereocenters. The number of fused-ring (bicyclic) bond motifs is 3. The number of aliphatic hydroxyl groups excluding tert-OH is 4. The van der Waals surface area contributed by atoms with Crippen LogP contribution >= 0.6 is 0 Å². The SMILES string of the molecule is CCc1c(OC)cc(OC2OC(O)(CO)C(O)(CC(CN3C(=O)C=CC3=O)C3=CCNC(N)=C3)C(O)C2O)c2c1C(=O)c1c3c4c(c(O)c1C2=O)C(NC(N)=NC)CCC4C(C1=CNC(N)C=C1)C(CCO)CC3. The zero-order valence-corrected chi connectivity index (χ0v) is 41.2. The third-order valence-corrected chi connectivity index (χ3v) is 15.9. The third kappa shape index (κ3) is 8.61. The van der Waals surface area contributed by atoms with Gasteiger partial charge in [-0.2, -0.15) is 0 Å². The molecule has 0 radical (unpaired) electrons. The number of benzene rings is 2. The van der Waals surface area contributed by atoms with Gasteiger partial charge in [0.05, 0.1) is 36.3 Å². The van der Waals surface area contributed by atoms with Crippen molar-refractivity contribution in [3.05, 3.63) is 110 Å². The minimum absolute atomic E-state index is 0.0145. The van der Waals surface area contributed by atoms with Gasteiger partial charge in [-0.15, -0.1) is 0 Å². The van der Waals surface area contributed by atoms with Gasteiger partial charge in [0.1, 0.15) is 41.7 Å². The molecule has 4 aliphatic heterocycles. The van der Waals surface area contributed by atoms with Crippen LogP contribution in [0.4, 0.5) is 0 Å². The first-order valence-electron chi connectivity index (χ1n) is 24.8. The monoisotopic (exact) mass is 1020 g/mol. The first-order chi connectivity index (χ1) is 35.3. The summed E-state index contributed by atoms with van der Waals surface area (Å²) < 4.78 is 17.9. The molecular weight excluding hydrogens is 961 g/mol. The Morgan fingerprint density at radius 3 is 2.38 bits per heavy atom. The molecule has 74 heavy (non-hydrogen) atoms. The number of aliphatic imine (C=N–C) groups is 1. The van der Waals surface area contributed by atoms with Crippen LogP contribution in [-0.2, 0) is 27.2 Å². The quantitative estimate of drug-likeness (QED) is 0.0535.